The van der Waals surface area contributed by atoms with E-state index in [2.05, 4.69) is 23.7 Å². The van der Waals surface area contributed by atoms with Gasteiger partial charge in [-0.3, -0.25) is 4.90 Å². The Hall–Kier alpha value is -1.32. The number of fused-ring (bicyclic) bond motifs is 1. The van der Waals surface area contributed by atoms with E-state index in [9.17, 15) is 5.11 Å². The van der Waals surface area contributed by atoms with E-state index in [1.165, 1.54) is 0 Å². The number of halogens is 1. The van der Waals surface area contributed by atoms with Crippen molar-refractivity contribution in [1.82, 2.24) is 9.88 Å². The van der Waals surface area contributed by atoms with Crippen LogP contribution in [0.2, 0.25) is 5.02 Å². The topological polar surface area (TPSA) is 36.4 Å². The molecule has 102 valence electrons. The molecule has 3 nitrogen and oxygen atoms in total. The molecule has 2 rings (SSSR count). The van der Waals surface area contributed by atoms with Crippen molar-refractivity contribution in [2.24, 2.45) is 0 Å². The molecule has 0 spiro atoms. The molecule has 0 aliphatic heterocycles. The van der Waals surface area contributed by atoms with E-state index in [4.69, 9.17) is 11.6 Å². The summed E-state index contributed by atoms with van der Waals surface area (Å²) in [4.78, 5) is 6.84. The fourth-order valence-electron chi connectivity index (χ4n) is 2.21. The third-order valence-corrected chi connectivity index (χ3v) is 3.74. The zero-order chi connectivity index (χ0) is 14.0. The first kappa shape index (κ1) is 14.1. The fourth-order valence-corrected chi connectivity index (χ4v) is 2.47. The van der Waals surface area contributed by atoms with Crippen LogP contribution in [0.1, 0.15) is 25.1 Å². The van der Waals surface area contributed by atoms with E-state index in [1.807, 2.05) is 19.1 Å². The highest BCUT2D eigenvalue weighted by molar-refractivity contribution is 6.33. The first-order valence-electron chi connectivity index (χ1n) is 6.56. The van der Waals surface area contributed by atoms with E-state index in [1.54, 1.807) is 6.07 Å². The molecule has 0 saturated carbocycles. The molecule has 0 aliphatic carbocycles. The maximum absolute atomic E-state index is 10.0. The van der Waals surface area contributed by atoms with E-state index in [-0.39, 0.29) is 5.75 Å². The molecule has 1 aromatic carbocycles. The molecule has 0 aliphatic rings. The van der Waals surface area contributed by atoms with Gasteiger partial charge in [0.15, 0.2) is 5.75 Å². The van der Waals surface area contributed by atoms with E-state index in [0.29, 0.717) is 10.5 Å². The van der Waals surface area contributed by atoms with E-state index in [0.717, 1.165) is 36.3 Å². The van der Waals surface area contributed by atoms with E-state index < -0.39 is 0 Å². The molecule has 0 radical (unpaired) electrons. The highest BCUT2D eigenvalue weighted by Gasteiger charge is 2.11. The second kappa shape index (κ2) is 5.76. The minimum atomic E-state index is 0.0728. The Morgan fingerprint density at radius 3 is 2.58 bits per heavy atom. The number of benzene rings is 1. The molecule has 0 unspecified atom stereocenters. The van der Waals surface area contributed by atoms with Gasteiger partial charge in [-0.2, -0.15) is 0 Å². The standard InChI is InChI=1S/C15H19ClN2O/c1-4-18(5-2)9-11-6-7-12-10(3)8-13(16)15(19)14(12)17-11/h6-8,19H,4-5,9H2,1-3H3. The SMILES string of the molecule is CCN(CC)Cc1ccc2c(C)cc(Cl)c(O)c2n1. The second-order valence-corrected chi connectivity index (χ2v) is 5.09. The number of hydrogen-bond acceptors (Lipinski definition) is 3. The maximum atomic E-state index is 10.0. The van der Waals surface area contributed by atoms with Crippen molar-refractivity contribution < 1.29 is 5.11 Å². The van der Waals surface area contributed by atoms with Crippen LogP contribution >= 0.6 is 11.6 Å². The normalized spacial score (nSPS) is 11.4. The summed E-state index contributed by atoms with van der Waals surface area (Å²) in [6.07, 6.45) is 0. The lowest BCUT2D eigenvalue weighted by molar-refractivity contribution is 0.292. The van der Waals surface area contributed by atoms with Gasteiger partial charge in [-0.25, -0.2) is 4.98 Å². The summed E-state index contributed by atoms with van der Waals surface area (Å²) in [6.45, 7) is 8.98. The van der Waals surface area contributed by atoms with Gasteiger partial charge in [-0.1, -0.05) is 31.5 Å². The highest BCUT2D eigenvalue weighted by Crippen LogP contribution is 2.33. The van der Waals surface area contributed by atoms with Crippen LogP contribution < -0.4 is 0 Å². The lowest BCUT2D eigenvalue weighted by Gasteiger charge is -2.17. The molecule has 2 aromatic rings. The number of hydrogen-bond donors (Lipinski definition) is 1. The number of aromatic nitrogens is 1. The van der Waals surface area contributed by atoms with Crippen LogP contribution in [0, 0.1) is 6.92 Å². The van der Waals surface area contributed by atoms with Gasteiger partial charge in [0.2, 0.25) is 0 Å². The van der Waals surface area contributed by atoms with Gasteiger partial charge < -0.3 is 5.11 Å². The summed E-state index contributed by atoms with van der Waals surface area (Å²) in [7, 11) is 0. The molecule has 1 heterocycles. The van der Waals surface area contributed by atoms with Crippen LogP contribution in [-0.4, -0.2) is 28.1 Å². The molecule has 0 amide bonds. The third kappa shape index (κ3) is 2.82. The number of nitrogens with zero attached hydrogens (tertiary/aromatic N) is 2. The van der Waals surface area contributed by atoms with Crippen molar-refractivity contribution in [3.05, 3.63) is 34.5 Å². The van der Waals surface area contributed by atoms with Crippen LogP contribution in [0.15, 0.2) is 18.2 Å². The van der Waals surface area contributed by atoms with Crippen LogP contribution in [0.5, 0.6) is 5.75 Å². The van der Waals surface area contributed by atoms with Crippen molar-refractivity contribution in [1.29, 1.82) is 0 Å². The van der Waals surface area contributed by atoms with Gasteiger partial charge >= 0.3 is 0 Å². The van der Waals surface area contributed by atoms with Crippen molar-refractivity contribution >= 4 is 22.5 Å². The molecule has 0 atom stereocenters. The van der Waals surface area contributed by atoms with Crippen LogP contribution in [0.25, 0.3) is 10.9 Å². The molecule has 0 fully saturated rings. The number of rotatable bonds is 4. The van der Waals surface area contributed by atoms with Crippen LogP contribution in [0.4, 0.5) is 0 Å². The first-order chi connectivity index (χ1) is 9.06. The van der Waals surface area contributed by atoms with Crippen molar-refractivity contribution in [3.8, 4) is 5.75 Å². The van der Waals surface area contributed by atoms with Gasteiger partial charge in [-0.05, 0) is 37.7 Å². The Morgan fingerprint density at radius 2 is 1.95 bits per heavy atom. The molecule has 1 N–H and O–H groups in total. The van der Waals surface area contributed by atoms with Crippen molar-refractivity contribution in [2.45, 2.75) is 27.3 Å². The number of aryl methyl sites for hydroxylation is 1. The Morgan fingerprint density at radius 1 is 1.26 bits per heavy atom. The fraction of sp³-hybridized carbons (Fsp3) is 0.400. The summed E-state index contributed by atoms with van der Waals surface area (Å²) in [6, 6.07) is 5.79. The highest BCUT2D eigenvalue weighted by atomic mass is 35.5. The number of phenolic OH excluding ortho intramolecular Hbond substituents is 1. The monoisotopic (exact) mass is 278 g/mol. The van der Waals surface area contributed by atoms with Gasteiger partial charge in [0.25, 0.3) is 0 Å². The van der Waals surface area contributed by atoms with Gasteiger partial charge in [-0.15, -0.1) is 0 Å². The average molecular weight is 279 g/mol. The summed E-state index contributed by atoms with van der Waals surface area (Å²) in [5, 5.41) is 11.4. The molecule has 4 heteroatoms. The molecule has 19 heavy (non-hydrogen) atoms. The number of aromatic hydroxyl groups is 1. The van der Waals surface area contributed by atoms with Crippen LogP contribution in [0.3, 0.4) is 0 Å². The smallest absolute Gasteiger partial charge is 0.160 e. The first-order valence-corrected chi connectivity index (χ1v) is 6.94. The number of phenols is 1. The Labute approximate surface area is 118 Å². The summed E-state index contributed by atoms with van der Waals surface area (Å²) >= 11 is 6.01. The Kier molecular flexibility index (Phi) is 4.27. The van der Waals surface area contributed by atoms with E-state index >= 15 is 0 Å². The minimum absolute atomic E-state index is 0.0728. The van der Waals surface area contributed by atoms with Gasteiger partial charge in [0.05, 0.1) is 10.7 Å². The summed E-state index contributed by atoms with van der Waals surface area (Å²) in [5.74, 6) is 0.0728. The molecular weight excluding hydrogens is 260 g/mol. The second-order valence-electron chi connectivity index (χ2n) is 4.68. The quantitative estimate of drug-likeness (QED) is 0.925. The average Bonchev–Trinajstić information content (AvgIpc) is 2.42. The Bertz CT molecular complexity index is 594. The van der Waals surface area contributed by atoms with Crippen molar-refractivity contribution in [2.75, 3.05) is 13.1 Å². The third-order valence-electron chi connectivity index (χ3n) is 3.45. The molecular formula is C15H19ClN2O. The Balaban J connectivity index is 2.48. The molecule has 0 saturated heterocycles. The maximum Gasteiger partial charge on any atom is 0.160 e. The number of pyridine rings is 1. The zero-order valence-electron chi connectivity index (χ0n) is 11.6. The van der Waals surface area contributed by atoms with Gasteiger partial charge in [0, 0.05) is 11.9 Å². The zero-order valence-corrected chi connectivity index (χ0v) is 12.3. The summed E-state index contributed by atoms with van der Waals surface area (Å²) in [5.41, 5.74) is 2.57. The molecule has 0 bridgehead atoms. The predicted octanol–water partition coefficient (Wildman–Crippen LogP) is 3.74. The minimum Gasteiger partial charge on any atom is -0.504 e. The van der Waals surface area contributed by atoms with Crippen LogP contribution in [-0.2, 0) is 6.54 Å². The summed E-state index contributed by atoms with van der Waals surface area (Å²) < 4.78 is 0. The lowest BCUT2D eigenvalue weighted by Crippen LogP contribution is -2.22. The van der Waals surface area contributed by atoms with Gasteiger partial charge in [0.1, 0.15) is 5.52 Å². The lowest BCUT2D eigenvalue weighted by atomic mass is 10.1. The predicted molar refractivity (Wildman–Crippen MR) is 79.8 cm³/mol. The molecule has 1 aromatic heterocycles. The van der Waals surface area contributed by atoms with Crippen molar-refractivity contribution in [3.63, 3.8) is 0 Å². The largest absolute Gasteiger partial charge is 0.504 e.